The van der Waals surface area contributed by atoms with Crippen LogP contribution in [0.1, 0.15) is 51.5 Å². The number of halogens is 2. The van der Waals surface area contributed by atoms with Crippen molar-refractivity contribution in [2.75, 3.05) is 30.8 Å². The Morgan fingerprint density at radius 3 is 2.45 bits per heavy atom. The molecule has 2 amide bonds. The summed E-state index contributed by atoms with van der Waals surface area (Å²) in [5.41, 5.74) is 1.07. The molecule has 0 radical (unpaired) electrons. The van der Waals surface area contributed by atoms with Gasteiger partial charge in [0.25, 0.3) is 0 Å². The Balaban J connectivity index is 2.25. The number of nitrogens with one attached hydrogen (secondary N) is 1. The lowest BCUT2D eigenvalue weighted by atomic mass is 10.1. The minimum atomic E-state index is -3.69. The van der Waals surface area contributed by atoms with Crippen molar-refractivity contribution in [1.82, 2.24) is 10.2 Å². The van der Waals surface area contributed by atoms with Crippen molar-refractivity contribution in [1.29, 1.82) is 0 Å². The minimum absolute atomic E-state index is 0.0249. The number of hydrogen-bond acceptors (Lipinski definition) is 5. The third-order valence-corrected chi connectivity index (χ3v) is 7.77. The molecule has 38 heavy (non-hydrogen) atoms. The molecule has 0 unspecified atom stereocenters. The molecule has 210 valence electrons. The lowest BCUT2D eigenvalue weighted by Crippen LogP contribution is -2.49. The Labute approximate surface area is 236 Å². The highest BCUT2D eigenvalue weighted by atomic mass is 35.5. The van der Waals surface area contributed by atoms with Crippen molar-refractivity contribution in [3.63, 3.8) is 0 Å². The van der Waals surface area contributed by atoms with E-state index in [1.807, 2.05) is 38.1 Å². The number of anilines is 1. The zero-order valence-corrected chi connectivity index (χ0v) is 24.7. The molecule has 0 saturated carbocycles. The predicted octanol–water partition coefficient (Wildman–Crippen LogP) is 5.27. The number of methoxy groups -OCH3 is 1. The van der Waals surface area contributed by atoms with Crippen LogP contribution < -0.4 is 14.4 Å². The molecule has 2 aromatic rings. The summed E-state index contributed by atoms with van der Waals surface area (Å²) in [6.07, 6.45) is 3.55. The Kier molecular flexibility index (Phi) is 12.7. The monoisotopic (exact) mass is 585 g/mol. The first kappa shape index (κ1) is 31.7. The maximum absolute atomic E-state index is 13.5. The van der Waals surface area contributed by atoms with E-state index in [1.165, 1.54) is 12.1 Å². The van der Waals surface area contributed by atoms with Gasteiger partial charge in [0.2, 0.25) is 21.8 Å². The molecule has 1 atom stereocenters. The molecule has 8 nitrogen and oxygen atoms in total. The van der Waals surface area contributed by atoms with Gasteiger partial charge in [-0.25, -0.2) is 8.42 Å². The van der Waals surface area contributed by atoms with E-state index in [4.69, 9.17) is 27.9 Å². The van der Waals surface area contributed by atoms with Crippen LogP contribution in [0.3, 0.4) is 0 Å². The van der Waals surface area contributed by atoms with Gasteiger partial charge < -0.3 is 15.0 Å². The first-order valence-electron chi connectivity index (χ1n) is 12.6. The van der Waals surface area contributed by atoms with Gasteiger partial charge in [-0.3, -0.25) is 13.9 Å². The molecule has 0 aliphatic carbocycles. The summed E-state index contributed by atoms with van der Waals surface area (Å²) < 4.78 is 31.5. The van der Waals surface area contributed by atoms with Gasteiger partial charge in [0.1, 0.15) is 11.8 Å². The van der Waals surface area contributed by atoms with Crippen molar-refractivity contribution in [2.45, 2.75) is 58.5 Å². The highest BCUT2D eigenvalue weighted by Crippen LogP contribution is 2.31. The van der Waals surface area contributed by atoms with Gasteiger partial charge >= 0.3 is 0 Å². The Hall–Kier alpha value is -2.49. The van der Waals surface area contributed by atoms with Gasteiger partial charge in [0.15, 0.2) is 0 Å². The number of carbonyl (C=O) groups is 2. The molecule has 0 fully saturated rings. The second-order valence-electron chi connectivity index (χ2n) is 8.98. The van der Waals surface area contributed by atoms with Crippen molar-refractivity contribution in [3.8, 4) is 5.75 Å². The van der Waals surface area contributed by atoms with Crippen molar-refractivity contribution in [3.05, 3.63) is 58.1 Å². The number of amides is 2. The highest BCUT2D eigenvalue weighted by molar-refractivity contribution is 7.92. The first-order valence-corrected chi connectivity index (χ1v) is 15.2. The second kappa shape index (κ2) is 15.2. The molecule has 1 N–H and O–H groups in total. The van der Waals surface area contributed by atoms with Gasteiger partial charge in [0, 0.05) is 31.1 Å². The van der Waals surface area contributed by atoms with E-state index in [1.54, 1.807) is 18.1 Å². The molecule has 2 rings (SSSR count). The summed E-state index contributed by atoms with van der Waals surface area (Å²) in [5, 5.41) is 3.52. The molecule has 0 bridgehead atoms. The molecule has 0 spiro atoms. The maximum atomic E-state index is 13.5. The fourth-order valence-electron chi connectivity index (χ4n) is 4.05. The standard InChI is InChI=1S/C27H37Cl2N3O5S/c1-5-7-15-30-27(34)24(6-2)31(19-20-10-8-11-22(17-20)37-3)26(33)12-9-16-32(38(4,35)36)25-18-21(28)13-14-23(25)29/h8,10-11,13-14,17-18,24H,5-7,9,12,15-16,19H2,1-4H3,(H,30,34)/t24-/m1/s1. The summed E-state index contributed by atoms with van der Waals surface area (Å²) >= 11 is 12.3. The van der Waals surface area contributed by atoms with Crippen LogP contribution >= 0.6 is 23.2 Å². The van der Waals surface area contributed by atoms with Gasteiger partial charge in [-0.1, -0.05) is 55.6 Å². The lowest BCUT2D eigenvalue weighted by Gasteiger charge is -2.31. The summed E-state index contributed by atoms with van der Waals surface area (Å²) in [6, 6.07) is 11.3. The predicted molar refractivity (Wildman–Crippen MR) is 153 cm³/mol. The van der Waals surface area contributed by atoms with E-state index >= 15 is 0 Å². The van der Waals surface area contributed by atoms with Crippen LogP contribution in [0.25, 0.3) is 0 Å². The highest BCUT2D eigenvalue weighted by Gasteiger charge is 2.29. The Morgan fingerprint density at radius 2 is 1.82 bits per heavy atom. The zero-order valence-electron chi connectivity index (χ0n) is 22.4. The molecule has 11 heteroatoms. The van der Waals surface area contributed by atoms with Crippen LogP contribution in [0.4, 0.5) is 5.69 Å². The van der Waals surface area contributed by atoms with E-state index in [0.717, 1.165) is 29.0 Å². The number of carbonyl (C=O) groups excluding carboxylic acids is 2. The van der Waals surface area contributed by atoms with Crippen LogP contribution in [0, 0.1) is 0 Å². The number of hydrogen-bond donors (Lipinski definition) is 1. The lowest BCUT2D eigenvalue weighted by molar-refractivity contribution is -0.141. The summed E-state index contributed by atoms with van der Waals surface area (Å²) in [4.78, 5) is 28.1. The van der Waals surface area contributed by atoms with E-state index in [-0.39, 0.29) is 48.5 Å². The molecule has 2 aromatic carbocycles. The van der Waals surface area contributed by atoms with Gasteiger partial charge in [0.05, 0.1) is 24.1 Å². The molecule has 0 heterocycles. The van der Waals surface area contributed by atoms with Crippen LogP contribution in [0.2, 0.25) is 10.0 Å². The zero-order chi connectivity index (χ0) is 28.3. The van der Waals surface area contributed by atoms with Gasteiger partial charge in [-0.15, -0.1) is 0 Å². The molecule has 0 saturated heterocycles. The van der Waals surface area contributed by atoms with Crippen LogP contribution in [0.15, 0.2) is 42.5 Å². The molecule has 0 aliphatic heterocycles. The number of benzene rings is 2. The SMILES string of the molecule is CCCCNC(=O)[C@@H](CC)N(Cc1cccc(OC)c1)C(=O)CCCN(c1cc(Cl)ccc1Cl)S(C)(=O)=O. The topological polar surface area (TPSA) is 96.0 Å². The number of ether oxygens (including phenoxy) is 1. The third kappa shape index (κ3) is 9.36. The van der Waals surface area contributed by atoms with E-state index in [0.29, 0.717) is 23.7 Å². The number of nitrogens with zero attached hydrogens (tertiary/aromatic N) is 2. The summed E-state index contributed by atoms with van der Waals surface area (Å²) in [7, 11) is -2.12. The quantitative estimate of drug-likeness (QED) is 0.287. The summed E-state index contributed by atoms with van der Waals surface area (Å²) in [6.45, 7) is 4.68. The molecule has 0 aromatic heterocycles. The average molecular weight is 587 g/mol. The minimum Gasteiger partial charge on any atom is -0.497 e. The molecule has 0 aliphatic rings. The van der Waals surface area contributed by atoms with Crippen molar-refractivity contribution in [2.24, 2.45) is 0 Å². The van der Waals surface area contributed by atoms with E-state index in [2.05, 4.69) is 5.32 Å². The smallest absolute Gasteiger partial charge is 0.242 e. The largest absolute Gasteiger partial charge is 0.497 e. The van der Waals surface area contributed by atoms with Crippen molar-refractivity contribution >= 4 is 50.7 Å². The Morgan fingerprint density at radius 1 is 1.08 bits per heavy atom. The second-order valence-corrected chi connectivity index (χ2v) is 11.7. The first-order chi connectivity index (χ1) is 18.0. The van der Waals surface area contributed by atoms with Crippen LogP contribution in [-0.4, -0.2) is 57.6 Å². The Bertz CT molecular complexity index is 1190. The number of rotatable bonds is 15. The van der Waals surface area contributed by atoms with E-state index < -0.39 is 16.1 Å². The maximum Gasteiger partial charge on any atom is 0.242 e. The fraction of sp³-hybridized carbons (Fsp3) is 0.481. The van der Waals surface area contributed by atoms with Crippen molar-refractivity contribution < 1.29 is 22.7 Å². The number of unbranched alkanes of at least 4 members (excludes halogenated alkanes) is 1. The molecular weight excluding hydrogens is 549 g/mol. The van der Waals surface area contributed by atoms with E-state index in [9.17, 15) is 18.0 Å². The number of sulfonamides is 1. The van der Waals surface area contributed by atoms with Crippen LogP contribution in [0.5, 0.6) is 5.75 Å². The fourth-order valence-corrected chi connectivity index (χ4v) is 5.46. The summed E-state index contributed by atoms with van der Waals surface area (Å²) in [5.74, 6) is 0.189. The van der Waals surface area contributed by atoms with Gasteiger partial charge in [-0.05, 0) is 55.2 Å². The molecular formula is C27H37Cl2N3O5S. The normalized spacial score (nSPS) is 12.1. The van der Waals surface area contributed by atoms with Gasteiger partial charge in [-0.2, -0.15) is 0 Å². The third-order valence-electron chi connectivity index (χ3n) is 6.03. The van der Waals surface area contributed by atoms with Crippen LogP contribution in [-0.2, 0) is 26.2 Å². The average Bonchev–Trinajstić information content (AvgIpc) is 2.87.